The highest BCUT2D eigenvalue weighted by atomic mass is 16.6. The third kappa shape index (κ3) is 31.8. The van der Waals surface area contributed by atoms with Gasteiger partial charge in [-0.05, 0) is 13.3 Å². The molecule has 7 heteroatoms. The van der Waals surface area contributed by atoms with Crippen LogP contribution in [0.1, 0.15) is 58.8 Å². The fraction of sp³-hybridized carbons (Fsp3) is 0.529. The second kappa shape index (κ2) is 20.6. The highest BCUT2D eigenvalue weighted by Crippen LogP contribution is 1.98. The van der Waals surface area contributed by atoms with E-state index in [1.165, 1.54) is 19.3 Å². The molecule has 0 aromatic carbocycles. The Bertz CT molecular complexity index is 372. The molecule has 2 N–H and O–H groups in total. The van der Waals surface area contributed by atoms with Gasteiger partial charge in [0.15, 0.2) is 0 Å². The summed E-state index contributed by atoms with van der Waals surface area (Å²) in [6.07, 6.45) is 5.80. The van der Waals surface area contributed by atoms with Crippen LogP contribution in [-0.4, -0.2) is 34.1 Å². The van der Waals surface area contributed by atoms with E-state index >= 15 is 0 Å². The minimum Gasteiger partial charge on any atom is -0.481 e. The molecule has 0 unspecified atom stereocenters. The van der Waals surface area contributed by atoms with Gasteiger partial charge in [0.05, 0.1) is 25.7 Å². The highest BCUT2D eigenvalue weighted by molar-refractivity contribution is 5.88. The Morgan fingerprint density at radius 1 is 0.917 bits per heavy atom. The lowest BCUT2D eigenvalue weighted by molar-refractivity contribution is -0.162. The summed E-state index contributed by atoms with van der Waals surface area (Å²) in [4.78, 5) is 41.6. The normalized spacial score (nSPS) is 8.42. The molecule has 0 aromatic heterocycles. The predicted molar refractivity (Wildman–Crippen MR) is 90.4 cm³/mol. The average molecular weight is 344 g/mol. The second-order valence-electron chi connectivity index (χ2n) is 4.47. The van der Waals surface area contributed by atoms with Gasteiger partial charge < -0.3 is 14.9 Å². The first-order valence-corrected chi connectivity index (χ1v) is 7.60. The van der Waals surface area contributed by atoms with Crippen LogP contribution in [0.5, 0.6) is 0 Å². The van der Waals surface area contributed by atoms with Crippen molar-refractivity contribution in [1.29, 1.82) is 0 Å². The van der Waals surface area contributed by atoms with Gasteiger partial charge in [-0.25, -0.2) is 0 Å². The fourth-order valence-corrected chi connectivity index (χ4v) is 0.995. The number of carbonyl (C=O) groups excluding carboxylic acids is 2. The van der Waals surface area contributed by atoms with Crippen LogP contribution in [0.4, 0.5) is 0 Å². The van der Waals surface area contributed by atoms with E-state index in [2.05, 4.69) is 24.8 Å². The van der Waals surface area contributed by atoms with Crippen LogP contribution in [0.2, 0.25) is 0 Å². The zero-order valence-electron chi connectivity index (χ0n) is 14.5. The Labute approximate surface area is 143 Å². The topological polar surface area (TPSA) is 118 Å². The van der Waals surface area contributed by atoms with Gasteiger partial charge in [0.25, 0.3) is 0 Å². The molecule has 0 radical (unpaired) electrons. The third-order valence-corrected chi connectivity index (χ3v) is 2.08. The first kappa shape index (κ1) is 26.5. The number of carboxylic acids is 2. The van der Waals surface area contributed by atoms with Crippen LogP contribution in [-0.2, 0) is 23.9 Å². The van der Waals surface area contributed by atoms with Crippen LogP contribution in [0, 0.1) is 0 Å². The number of unbranched alkanes of at least 4 members (excludes halogenated alkanes) is 2. The van der Waals surface area contributed by atoms with Crippen molar-refractivity contribution in [3.63, 3.8) is 0 Å². The third-order valence-electron chi connectivity index (χ3n) is 2.08. The molecule has 0 aliphatic carbocycles. The number of esters is 2. The van der Waals surface area contributed by atoms with Crippen molar-refractivity contribution in [2.45, 2.75) is 58.8 Å². The molecule has 0 aliphatic heterocycles. The molecule has 7 nitrogen and oxygen atoms in total. The minimum absolute atomic E-state index is 0.409. The van der Waals surface area contributed by atoms with E-state index in [4.69, 9.17) is 10.2 Å². The number of carbonyl (C=O) groups is 4. The van der Waals surface area contributed by atoms with Crippen LogP contribution >= 0.6 is 0 Å². The summed E-state index contributed by atoms with van der Waals surface area (Å²) in [6.45, 7) is 11.0. The standard InChI is InChI=1S/C8H10O7.C6H12.C3H6/c9-5(10)1-3-7(13)15-8(14)4-2-6(11)12;1-3-5-6-4-2;1-3-2/h1-4H2,(H,9,10)(H,11,12);3H,1,4-6H2,2H3;3H,1H2,2H3. The van der Waals surface area contributed by atoms with E-state index in [1.807, 2.05) is 13.0 Å². The van der Waals surface area contributed by atoms with Gasteiger partial charge in [0.2, 0.25) is 0 Å². The Hall–Kier alpha value is -2.44. The molecular weight excluding hydrogens is 316 g/mol. The molecule has 24 heavy (non-hydrogen) atoms. The lowest BCUT2D eigenvalue weighted by Crippen LogP contribution is -2.14. The van der Waals surface area contributed by atoms with Gasteiger partial charge in [0, 0.05) is 0 Å². The Morgan fingerprint density at radius 3 is 1.50 bits per heavy atom. The molecule has 0 bridgehead atoms. The zero-order valence-corrected chi connectivity index (χ0v) is 14.5. The maximum absolute atomic E-state index is 10.7. The number of allylic oxidation sites excluding steroid dienone is 2. The summed E-state index contributed by atoms with van der Waals surface area (Å²) < 4.78 is 4.15. The van der Waals surface area contributed by atoms with Gasteiger partial charge >= 0.3 is 23.9 Å². The number of hydrogen-bond acceptors (Lipinski definition) is 5. The predicted octanol–water partition coefficient (Wildman–Crippen LogP) is 3.34. The van der Waals surface area contributed by atoms with E-state index in [-0.39, 0.29) is 0 Å². The second-order valence-corrected chi connectivity index (χ2v) is 4.47. The molecule has 0 saturated heterocycles. The monoisotopic (exact) mass is 344 g/mol. The quantitative estimate of drug-likeness (QED) is 0.285. The van der Waals surface area contributed by atoms with Crippen molar-refractivity contribution >= 4 is 23.9 Å². The lowest BCUT2D eigenvalue weighted by Gasteiger charge is -1.99. The molecule has 0 heterocycles. The first-order valence-electron chi connectivity index (χ1n) is 7.60. The summed E-state index contributed by atoms with van der Waals surface area (Å²) >= 11 is 0. The van der Waals surface area contributed by atoms with Gasteiger partial charge in [-0.15, -0.1) is 13.2 Å². The summed E-state index contributed by atoms with van der Waals surface area (Å²) in [5, 5.41) is 16.4. The molecule has 0 amide bonds. The fourth-order valence-electron chi connectivity index (χ4n) is 0.995. The molecule has 0 fully saturated rings. The number of hydrogen-bond donors (Lipinski definition) is 2. The molecule has 0 spiro atoms. The highest BCUT2D eigenvalue weighted by Gasteiger charge is 2.13. The number of carboxylic acid groups (broad SMARTS) is 2. The molecule has 0 aromatic rings. The summed E-state index contributed by atoms with van der Waals surface area (Å²) in [6, 6.07) is 0. The zero-order chi connectivity index (χ0) is 19.4. The van der Waals surface area contributed by atoms with Crippen molar-refractivity contribution in [3.8, 4) is 0 Å². The molecular formula is C17H28O7. The molecule has 0 saturated carbocycles. The van der Waals surface area contributed by atoms with Crippen molar-refractivity contribution in [2.75, 3.05) is 0 Å². The van der Waals surface area contributed by atoms with E-state index in [9.17, 15) is 19.2 Å². The average Bonchev–Trinajstić information content (AvgIpc) is 2.50. The van der Waals surface area contributed by atoms with E-state index in [0.29, 0.717) is 0 Å². The van der Waals surface area contributed by atoms with Gasteiger partial charge in [-0.1, -0.05) is 31.9 Å². The molecule has 0 aliphatic rings. The van der Waals surface area contributed by atoms with E-state index in [1.54, 1.807) is 6.08 Å². The van der Waals surface area contributed by atoms with E-state index in [0.717, 1.165) is 0 Å². The SMILES string of the molecule is C=CC.C=CCCCC.O=C(O)CCC(=O)OC(=O)CCC(=O)O. The van der Waals surface area contributed by atoms with Crippen LogP contribution in [0.15, 0.2) is 25.3 Å². The maximum atomic E-state index is 10.7. The van der Waals surface area contributed by atoms with Crippen molar-refractivity contribution < 1.29 is 34.1 Å². The lowest BCUT2D eigenvalue weighted by atomic mass is 10.3. The molecule has 0 atom stereocenters. The Kier molecular flexibility index (Phi) is 22.7. The van der Waals surface area contributed by atoms with Crippen LogP contribution in [0.3, 0.4) is 0 Å². The Morgan fingerprint density at radius 2 is 1.29 bits per heavy atom. The van der Waals surface area contributed by atoms with Crippen molar-refractivity contribution in [2.24, 2.45) is 0 Å². The minimum atomic E-state index is -1.18. The van der Waals surface area contributed by atoms with Gasteiger partial charge in [-0.2, -0.15) is 0 Å². The van der Waals surface area contributed by atoms with Crippen molar-refractivity contribution in [1.82, 2.24) is 0 Å². The molecule has 0 rings (SSSR count). The van der Waals surface area contributed by atoms with Crippen LogP contribution < -0.4 is 0 Å². The van der Waals surface area contributed by atoms with Crippen molar-refractivity contribution in [3.05, 3.63) is 25.3 Å². The van der Waals surface area contributed by atoms with E-state index < -0.39 is 49.6 Å². The number of aliphatic carboxylic acids is 2. The molecule has 138 valence electrons. The summed E-state index contributed by atoms with van der Waals surface area (Å²) in [5.41, 5.74) is 0. The van der Waals surface area contributed by atoms with Gasteiger partial charge in [-0.3, -0.25) is 19.2 Å². The number of ether oxygens (including phenoxy) is 1. The summed E-state index contributed by atoms with van der Waals surface area (Å²) in [7, 11) is 0. The van der Waals surface area contributed by atoms with Crippen LogP contribution in [0.25, 0.3) is 0 Å². The first-order chi connectivity index (χ1) is 11.2. The maximum Gasteiger partial charge on any atom is 0.314 e. The number of rotatable bonds is 9. The Balaban J connectivity index is -0.000000405. The smallest absolute Gasteiger partial charge is 0.314 e. The largest absolute Gasteiger partial charge is 0.481 e. The van der Waals surface area contributed by atoms with Gasteiger partial charge in [0.1, 0.15) is 0 Å². The summed E-state index contributed by atoms with van der Waals surface area (Å²) in [5.74, 6) is -4.28.